The van der Waals surface area contributed by atoms with Crippen LogP contribution in [0.5, 0.6) is 0 Å². The second kappa shape index (κ2) is 34.0. The summed E-state index contributed by atoms with van der Waals surface area (Å²) in [5.74, 6) is 0. The Kier molecular flexibility index (Phi) is 167. The zero-order chi connectivity index (χ0) is 2.00. The number of hydrogen-bond donors (Lipinski definition) is 0. The molecule has 0 radical (unpaired) electrons. The van der Waals surface area contributed by atoms with Gasteiger partial charge in [0.2, 0.25) is 0 Å². The first-order valence-corrected chi connectivity index (χ1v) is 0.289. The smallest absolute Gasteiger partial charge is 1.00 e. The van der Waals surface area contributed by atoms with Gasteiger partial charge < -0.3 is 36.8 Å². The van der Waals surface area contributed by atoms with Crippen LogP contribution in [0.3, 0.4) is 0 Å². The molecule has 0 nitrogen and oxygen atoms in total. The van der Waals surface area contributed by atoms with Crippen molar-refractivity contribution >= 4 is 23.1 Å². The maximum absolute atomic E-state index is 5.25. The fraction of sp³-hybridized carbons (Fsp3) is 0. The first kappa shape index (κ1) is 19.7. The molecule has 0 fully saturated rings. The minimum absolute atomic E-state index is 0. The number of terminal acetylenes is 1. The molecule has 0 unspecified atom stereocenters. The summed E-state index contributed by atoms with van der Waals surface area (Å²) >= 11 is 0. The van der Waals surface area contributed by atoms with E-state index in [-0.39, 0.29) is 47.0 Å². The first-order valence-electron chi connectivity index (χ1n) is 0.289. The van der Waals surface area contributed by atoms with E-state index in [2.05, 4.69) is 6.42 Å². The summed E-state index contributed by atoms with van der Waals surface area (Å²) < 4.78 is 0. The fourth-order valence-corrected chi connectivity index (χ4v) is 0. The summed E-state index contributed by atoms with van der Waals surface area (Å²) in [4.78, 5) is 0. The zero-order valence-corrected chi connectivity index (χ0v) is 5.73. The van der Waals surface area contributed by atoms with Crippen molar-refractivity contribution in [3.05, 3.63) is 6.42 Å². The number of rotatable bonds is 0. The number of hydrogen-bond acceptors (Lipinski definition) is 0. The van der Waals surface area contributed by atoms with Crippen molar-refractivity contribution in [2.45, 2.75) is 0 Å². The molecule has 0 saturated carbocycles. The van der Waals surface area contributed by atoms with Crippen LogP contribution in [-0.4, -0.2) is 23.1 Å². The molecule has 0 aromatic rings. The van der Waals surface area contributed by atoms with E-state index in [0.717, 1.165) is 0 Å². The van der Waals surface area contributed by atoms with Crippen LogP contribution in [0.1, 0.15) is 0 Å². The minimum atomic E-state index is 0. The molecule has 0 aliphatic rings. The molecular formula is C2HIMg. The third kappa shape index (κ3) is 11.6. The predicted molar refractivity (Wildman–Crippen MR) is 13.9 cm³/mol. The number of halogens is 1. The van der Waals surface area contributed by atoms with Crippen LogP contribution in [-0.2, 0) is 0 Å². The molecule has 0 saturated heterocycles. The molecule has 0 heterocycles. The summed E-state index contributed by atoms with van der Waals surface area (Å²) in [5.41, 5.74) is 0. The molecule has 0 amide bonds. The van der Waals surface area contributed by atoms with E-state index in [1.165, 1.54) is 0 Å². The Morgan fingerprint density at radius 3 is 1.25 bits per heavy atom. The van der Waals surface area contributed by atoms with Crippen molar-refractivity contribution in [3.8, 4) is 6.42 Å². The van der Waals surface area contributed by atoms with Gasteiger partial charge in [0.25, 0.3) is 0 Å². The Morgan fingerprint density at radius 1 is 1.25 bits per heavy atom. The van der Waals surface area contributed by atoms with Gasteiger partial charge in [0.1, 0.15) is 0 Å². The maximum atomic E-state index is 5.25. The normalized spacial score (nSPS) is 0.500. The fourth-order valence-electron chi connectivity index (χ4n) is 0. The van der Waals surface area contributed by atoms with Gasteiger partial charge in [-0.15, -0.1) is 0 Å². The third-order valence-corrected chi connectivity index (χ3v) is 0. The minimum Gasteiger partial charge on any atom is -1.00 e. The molecule has 0 rings (SSSR count). The van der Waals surface area contributed by atoms with Gasteiger partial charge in [-0.25, -0.2) is 0 Å². The van der Waals surface area contributed by atoms with Crippen molar-refractivity contribution in [2.75, 3.05) is 0 Å². The van der Waals surface area contributed by atoms with Gasteiger partial charge in [-0.3, -0.25) is 0 Å². The molecule has 0 atom stereocenters. The van der Waals surface area contributed by atoms with E-state index < -0.39 is 0 Å². The van der Waals surface area contributed by atoms with E-state index >= 15 is 0 Å². The monoisotopic (exact) mass is 176 g/mol. The first-order chi connectivity index (χ1) is 1.00. The summed E-state index contributed by atoms with van der Waals surface area (Å²) in [6.07, 6.45) is 9.00. The molecular weight excluding hydrogens is 175 g/mol. The molecule has 18 valence electrons. The summed E-state index contributed by atoms with van der Waals surface area (Å²) in [7, 11) is 0. The van der Waals surface area contributed by atoms with Gasteiger partial charge in [0, 0.05) is 0 Å². The van der Waals surface area contributed by atoms with Crippen LogP contribution < -0.4 is 24.0 Å². The van der Waals surface area contributed by atoms with Crippen LogP contribution in [0, 0.1) is 12.8 Å². The van der Waals surface area contributed by atoms with Gasteiger partial charge in [-0.2, -0.15) is 0 Å². The Hall–Kier alpha value is 1.06. The second-order valence-electron chi connectivity index (χ2n) is 0. The predicted octanol–water partition coefficient (Wildman–Crippen LogP) is -3.17. The molecule has 4 heavy (non-hydrogen) atoms. The van der Waals surface area contributed by atoms with Crippen LogP contribution in [0.2, 0.25) is 0 Å². The largest absolute Gasteiger partial charge is 2.00 e. The molecule has 0 aromatic carbocycles. The van der Waals surface area contributed by atoms with E-state index in [0.29, 0.717) is 0 Å². The van der Waals surface area contributed by atoms with Gasteiger partial charge in [-0.05, 0) is 0 Å². The Labute approximate surface area is 59.5 Å². The molecule has 0 aliphatic carbocycles. The van der Waals surface area contributed by atoms with E-state index in [1.807, 2.05) is 0 Å². The Bertz CT molecular complexity index is 10.8. The van der Waals surface area contributed by atoms with Gasteiger partial charge in [0.05, 0.1) is 0 Å². The molecule has 0 spiro atoms. The van der Waals surface area contributed by atoms with Crippen molar-refractivity contribution < 1.29 is 24.0 Å². The van der Waals surface area contributed by atoms with E-state index in [9.17, 15) is 0 Å². The van der Waals surface area contributed by atoms with Crippen molar-refractivity contribution in [3.63, 3.8) is 0 Å². The van der Waals surface area contributed by atoms with Gasteiger partial charge >= 0.3 is 23.1 Å². The Balaban J connectivity index is -0.00000000500. The quantitative estimate of drug-likeness (QED) is 0.158. The SMILES string of the molecule is [C-]#C.[I-].[Mg+2]. The third-order valence-electron chi connectivity index (χ3n) is 0. The molecule has 0 N–H and O–H groups in total. The zero-order valence-electron chi connectivity index (χ0n) is 2.16. The maximum Gasteiger partial charge on any atom is 2.00 e. The average Bonchev–Trinajstić information content (AvgIpc) is 1.00. The molecule has 0 bridgehead atoms. The Morgan fingerprint density at radius 2 is 1.25 bits per heavy atom. The summed E-state index contributed by atoms with van der Waals surface area (Å²) in [6.45, 7) is 0. The van der Waals surface area contributed by atoms with Crippen LogP contribution in [0.4, 0.5) is 0 Å². The van der Waals surface area contributed by atoms with Crippen LogP contribution >= 0.6 is 0 Å². The summed E-state index contributed by atoms with van der Waals surface area (Å²) in [5, 5.41) is 0. The average molecular weight is 176 g/mol. The van der Waals surface area contributed by atoms with Crippen molar-refractivity contribution in [1.82, 2.24) is 0 Å². The standard InChI is InChI=1S/C2H.HI.Mg/c1-2;;/h1H;1H;/q-1;;+2/p-1. The van der Waals surface area contributed by atoms with E-state index in [1.54, 1.807) is 0 Å². The van der Waals surface area contributed by atoms with E-state index in [4.69, 9.17) is 6.42 Å². The molecule has 0 aliphatic heterocycles. The molecule has 0 aromatic heterocycles. The molecule has 2 heteroatoms. The summed E-state index contributed by atoms with van der Waals surface area (Å²) in [6, 6.07) is 0. The van der Waals surface area contributed by atoms with Crippen LogP contribution in [0.15, 0.2) is 0 Å². The van der Waals surface area contributed by atoms with Crippen LogP contribution in [0.25, 0.3) is 0 Å². The van der Waals surface area contributed by atoms with Gasteiger partial charge in [-0.1, -0.05) is 0 Å². The van der Waals surface area contributed by atoms with Gasteiger partial charge in [0.15, 0.2) is 0 Å². The second-order valence-corrected chi connectivity index (χ2v) is 0. The topological polar surface area (TPSA) is 0 Å². The van der Waals surface area contributed by atoms with Crippen molar-refractivity contribution in [2.24, 2.45) is 0 Å². The van der Waals surface area contributed by atoms with Crippen molar-refractivity contribution in [1.29, 1.82) is 0 Å².